The normalized spacial score (nSPS) is 16.8. The molecule has 0 aliphatic carbocycles. The van der Waals surface area contributed by atoms with E-state index in [0.717, 1.165) is 22.6 Å². The molecule has 0 atom stereocenters. The van der Waals surface area contributed by atoms with Crippen molar-refractivity contribution < 1.29 is 9.53 Å². The second-order valence-corrected chi connectivity index (χ2v) is 6.35. The van der Waals surface area contributed by atoms with Crippen molar-refractivity contribution in [2.45, 2.75) is 38.8 Å². The maximum atomic E-state index is 12.5. The van der Waals surface area contributed by atoms with E-state index in [9.17, 15) is 4.79 Å². The van der Waals surface area contributed by atoms with Crippen molar-refractivity contribution in [1.29, 1.82) is 0 Å². The maximum absolute atomic E-state index is 12.5. The van der Waals surface area contributed by atoms with E-state index in [2.05, 4.69) is 10.4 Å². The Balaban J connectivity index is 1.74. The molecule has 6 nitrogen and oxygen atoms in total. The molecular formula is C18H24N4O2. The highest BCUT2D eigenvalue weighted by atomic mass is 16.5. The van der Waals surface area contributed by atoms with Crippen molar-refractivity contribution in [3.8, 4) is 5.69 Å². The number of aryl methyl sites for hydroxylation is 1. The smallest absolute Gasteiger partial charge is 0.240 e. The van der Waals surface area contributed by atoms with Gasteiger partial charge in [0.05, 0.1) is 16.9 Å². The summed E-state index contributed by atoms with van der Waals surface area (Å²) in [7, 11) is 0. The van der Waals surface area contributed by atoms with Gasteiger partial charge in [0.1, 0.15) is 0 Å². The Bertz CT molecular complexity index is 718. The summed E-state index contributed by atoms with van der Waals surface area (Å²) in [5.41, 5.74) is 9.38. The van der Waals surface area contributed by atoms with Gasteiger partial charge in [-0.3, -0.25) is 4.79 Å². The van der Waals surface area contributed by atoms with Gasteiger partial charge in [0.2, 0.25) is 5.91 Å². The summed E-state index contributed by atoms with van der Waals surface area (Å²) in [6, 6.07) is 9.97. The van der Waals surface area contributed by atoms with Gasteiger partial charge in [-0.05, 0) is 38.8 Å². The molecule has 0 radical (unpaired) electrons. The highest BCUT2D eigenvalue weighted by Gasteiger charge is 2.35. The summed E-state index contributed by atoms with van der Waals surface area (Å²) in [6.07, 6.45) is 1.11. The monoisotopic (exact) mass is 328 g/mol. The van der Waals surface area contributed by atoms with E-state index in [1.807, 2.05) is 48.9 Å². The zero-order valence-corrected chi connectivity index (χ0v) is 14.2. The molecule has 2 heterocycles. The van der Waals surface area contributed by atoms with E-state index in [4.69, 9.17) is 10.5 Å². The second kappa shape index (κ2) is 6.75. The molecule has 1 aliphatic rings. The van der Waals surface area contributed by atoms with Crippen molar-refractivity contribution in [1.82, 2.24) is 15.1 Å². The van der Waals surface area contributed by atoms with Gasteiger partial charge in [-0.25, -0.2) is 4.68 Å². The Hall–Kier alpha value is -2.18. The highest BCUT2D eigenvalue weighted by Crippen LogP contribution is 2.20. The van der Waals surface area contributed by atoms with E-state index in [-0.39, 0.29) is 5.91 Å². The van der Waals surface area contributed by atoms with Gasteiger partial charge in [-0.15, -0.1) is 0 Å². The summed E-state index contributed by atoms with van der Waals surface area (Å²) in [4.78, 5) is 12.5. The molecule has 128 valence electrons. The predicted octanol–water partition coefficient (Wildman–Crippen LogP) is 1.61. The molecule has 0 bridgehead atoms. The van der Waals surface area contributed by atoms with Crippen molar-refractivity contribution in [3.63, 3.8) is 0 Å². The van der Waals surface area contributed by atoms with E-state index in [0.29, 0.717) is 32.6 Å². The van der Waals surface area contributed by atoms with Crippen LogP contribution in [0.15, 0.2) is 30.3 Å². The molecule has 0 unspecified atom stereocenters. The quantitative estimate of drug-likeness (QED) is 0.893. The average Bonchev–Trinajstić information content (AvgIpc) is 2.88. The highest BCUT2D eigenvalue weighted by molar-refractivity contribution is 5.86. The fourth-order valence-electron chi connectivity index (χ4n) is 3.06. The van der Waals surface area contributed by atoms with Crippen molar-refractivity contribution in [2.24, 2.45) is 5.73 Å². The van der Waals surface area contributed by atoms with Crippen LogP contribution in [-0.2, 0) is 16.1 Å². The molecule has 0 spiro atoms. The zero-order valence-electron chi connectivity index (χ0n) is 14.2. The molecule has 2 aromatic rings. The number of carbonyl (C=O) groups excluding carboxylic acids is 1. The number of carbonyl (C=O) groups is 1. The van der Waals surface area contributed by atoms with Crippen LogP contribution in [0.5, 0.6) is 0 Å². The standard InChI is InChI=1S/C18H24N4O2/c1-13-16(12-20-17(23)18(19)8-10-24-11-9-18)14(2)22(21-13)15-6-4-3-5-7-15/h3-7H,8-12,19H2,1-2H3,(H,20,23). The van der Waals surface area contributed by atoms with Crippen LogP contribution in [0.2, 0.25) is 0 Å². The molecule has 3 N–H and O–H groups in total. The van der Waals surface area contributed by atoms with Crippen LogP contribution in [0.25, 0.3) is 5.69 Å². The number of rotatable bonds is 4. The van der Waals surface area contributed by atoms with E-state index < -0.39 is 5.54 Å². The number of amides is 1. The number of aromatic nitrogens is 2. The van der Waals surface area contributed by atoms with E-state index >= 15 is 0 Å². The lowest BCUT2D eigenvalue weighted by Crippen LogP contribution is -2.56. The minimum absolute atomic E-state index is 0.114. The molecule has 6 heteroatoms. The lowest BCUT2D eigenvalue weighted by atomic mass is 9.90. The van der Waals surface area contributed by atoms with Crippen LogP contribution in [-0.4, -0.2) is 34.4 Å². The van der Waals surface area contributed by atoms with Crippen LogP contribution in [0, 0.1) is 13.8 Å². The number of nitrogens with two attached hydrogens (primary N) is 1. The number of ether oxygens (including phenoxy) is 1. The van der Waals surface area contributed by atoms with Gasteiger partial charge < -0.3 is 15.8 Å². The van der Waals surface area contributed by atoms with Crippen molar-refractivity contribution >= 4 is 5.91 Å². The fourth-order valence-corrected chi connectivity index (χ4v) is 3.06. The topological polar surface area (TPSA) is 82.2 Å². The van der Waals surface area contributed by atoms with Crippen LogP contribution in [0.1, 0.15) is 29.8 Å². The third kappa shape index (κ3) is 3.20. The van der Waals surface area contributed by atoms with Gasteiger partial charge in [0, 0.05) is 31.0 Å². The number of benzene rings is 1. The minimum atomic E-state index is -0.824. The van der Waals surface area contributed by atoms with E-state index in [1.54, 1.807) is 0 Å². The summed E-state index contributed by atoms with van der Waals surface area (Å²) in [5.74, 6) is -0.114. The first-order valence-electron chi connectivity index (χ1n) is 8.27. The van der Waals surface area contributed by atoms with Gasteiger partial charge in [-0.2, -0.15) is 5.10 Å². The number of hydrogen-bond acceptors (Lipinski definition) is 4. The molecule has 1 aromatic heterocycles. The average molecular weight is 328 g/mol. The largest absolute Gasteiger partial charge is 0.381 e. The molecule has 3 rings (SSSR count). The third-order valence-corrected chi connectivity index (χ3v) is 4.70. The second-order valence-electron chi connectivity index (χ2n) is 6.35. The van der Waals surface area contributed by atoms with Gasteiger partial charge in [0.15, 0.2) is 0 Å². The lowest BCUT2D eigenvalue weighted by molar-refractivity contribution is -0.129. The number of para-hydroxylation sites is 1. The van der Waals surface area contributed by atoms with Crippen LogP contribution in [0.4, 0.5) is 0 Å². The number of nitrogens with zero attached hydrogens (tertiary/aromatic N) is 2. The van der Waals surface area contributed by atoms with Crippen LogP contribution >= 0.6 is 0 Å². The van der Waals surface area contributed by atoms with Crippen LogP contribution < -0.4 is 11.1 Å². The number of hydrogen-bond donors (Lipinski definition) is 2. The molecule has 24 heavy (non-hydrogen) atoms. The summed E-state index contributed by atoms with van der Waals surface area (Å²) >= 11 is 0. The SMILES string of the molecule is Cc1nn(-c2ccccc2)c(C)c1CNC(=O)C1(N)CCOCC1. The predicted molar refractivity (Wildman–Crippen MR) is 91.9 cm³/mol. The molecule has 1 aromatic carbocycles. The Morgan fingerprint density at radius 2 is 1.96 bits per heavy atom. The van der Waals surface area contributed by atoms with E-state index in [1.165, 1.54) is 0 Å². The Morgan fingerprint density at radius 1 is 1.29 bits per heavy atom. The molecular weight excluding hydrogens is 304 g/mol. The zero-order chi connectivity index (χ0) is 17.2. The fraction of sp³-hybridized carbons (Fsp3) is 0.444. The first kappa shape index (κ1) is 16.7. The molecule has 1 aliphatic heterocycles. The molecule has 1 amide bonds. The van der Waals surface area contributed by atoms with Crippen molar-refractivity contribution in [2.75, 3.05) is 13.2 Å². The third-order valence-electron chi connectivity index (χ3n) is 4.70. The Morgan fingerprint density at radius 3 is 2.62 bits per heavy atom. The first-order valence-corrected chi connectivity index (χ1v) is 8.27. The van der Waals surface area contributed by atoms with Gasteiger partial charge in [-0.1, -0.05) is 18.2 Å². The maximum Gasteiger partial charge on any atom is 0.240 e. The molecule has 1 fully saturated rings. The number of nitrogens with one attached hydrogen (secondary N) is 1. The summed E-state index contributed by atoms with van der Waals surface area (Å²) < 4.78 is 7.20. The summed E-state index contributed by atoms with van der Waals surface area (Å²) in [5, 5.41) is 7.59. The Labute approximate surface area is 142 Å². The van der Waals surface area contributed by atoms with Crippen molar-refractivity contribution in [3.05, 3.63) is 47.3 Å². The molecule has 1 saturated heterocycles. The van der Waals surface area contributed by atoms with Crippen LogP contribution in [0.3, 0.4) is 0 Å². The lowest BCUT2D eigenvalue weighted by Gasteiger charge is -2.31. The van der Waals surface area contributed by atoms with Gasteiger partial charge in [0.25, 0.3) is 0 Å². The Kier molecular flexibility index (Phi) is 4.69. The minimum Gasteiger partial charge on any atom is -0.381 e. The first-order chi connectivity index (χ1) is 11.5. The van der Waals surface area contributed by atoms with Gasteiger partial charge >= 0.3 is 0 Å². The molecule has 0 saturated carbocycles. The summed E-state index contributed by atoms with van der Waals surface area (Å²) in [6.45, 7) is 5.48.